The summed E-state index contributed by atoms with van der Waals surface area (Å²) < 4.78 is 19.3. The monoisotopic (exact) mass is 1440 g/mol. The number of esters is 4. The van der Waals surface area contributed by atoms with E-state index in [1.165, 1.54) is 37.4 Å². The molecule has 0 saturated carbocycles. The van der Waals surface area contributed by atoms with Crippen LogP contribution in [0.5, 0.6) is 0 Å². The van der Waals surface area contributed by atoms with Gasteiger partial charge in [0.1, 0.15) is 28.7 Å². The molecule has 529 valence electrons. The lowest BCUT2D eigenvalue weighted by Crippen LogP contribution is -2.41. The molecule has 2 amide bonds. The molecular formula is C72H75BCl3N8O17. The fraction of sp³-hybridized carbons (Fsp3) is 0.306. The first-order chi connectivity index (χ1) is 48.4. The van der Waals surface area contributed by atoms with Crippen molar-refractivity contribution in [2.75, 3.05) is 20.0 Å². The fourth-order valence-electron chi connectivity index (χ4n) is 10.3. The van der Waals surface area contributed by atoms with Crippen LogP contribution in [-0.4, -0.2) is 150 Å². The van der Waals surface area contributed by atoms with Gasteiger partial charge in [0, 0.05) is 46.1 Å². The van der Waals surface area contributed by atoms with Gasteiger partial charge in [-0.25, -0.2) is 9.59 Å². The minimum Gasteiger partial charge on any atom is -0.479 e. The van der Waals surface area contributed by atoms with Crippen molar-refractivity contribution in [3.8, 4) is 22.3 Å². The maximum atomic E-state index is 13.3. The maximum absolute atomic E-state index is 13.3. The van der Waals surface area contributed by atoms with Crippen LogP contribution < -0.4 is 15.5 Å². The molecule has 1 radical (unpaired) electrons. The largest absolute Gasteiger partial charge is 0.479 e. The molecule has 0 fully saturated rings. The zero-order valence-corrected chi connectivity index (χ0v) is 57.9. The van der Waals surface area contributed by atoms with Gasteiger partial charge in [-0.05, 0) is 135 Å². The van der Waals surface area contributed by atoms with Crippen molar-refractivity contribution in [1.82, 2.24) is 40.9 Å². The van der Waals surface area contributed by atoms with Crippen molar-refractivity contribution in [2.45, 2.75) is 97.0 Å². The van der Waals surface area contributed by atoms with Crippen molar-refractivity contribution >= 4 is 112 Å². The van der Waals surface area contributed by atoms with E-state index in [9.17, 15) is 58.9 Å². The van der Waals surface area contributed by atoms with Gasteiger partial charge in [0.15, 0.2) is 25.6 Å². The first kappa shape index (κ1) is 78.1. The molecule has 29 heteroatoms. The zero-order valence-electron chi connectivity index (χ0n) is 55.6. The number of hydrogen-bond donors (Lipinski definition) is 6. The average Bonchev–Trinajstić information content (AvgIpc) is 1.72. The van der Waals surface area contributed by atoms with Crippen molar-refractivity contribution in [3.05, 3.63) is 202 Å². The van der Waals surface area contributed by atoms with E-state index >= 15 is 0 Å². The van der Waals surface area contributed by atoms with E-state index < -0.39 is 72.7 Å². The molecule has 0 spiro atoms. The van der Waals surface area contributed by atoms with Crippen molar-refractivity contribution < 1.29 is 82.7 Å². The van der Waals surface area contributed by atoms with Gasteiger partial charge in [-0.15, -0.1) is 10.2 Å². The van der Waals surface area contributed by atoms with Crippen LogP contribution in [0.3, 0.4) is 0 Å². The Kier molecular flexibility index (Phi) is 30.1. The summed E-state index contributed by atoms with van der Waals surface area (Å²) in [5, 5.41) is 62.4. The Hall–Kier alpha value is -10.2. The van der Waals surface area contributed by atoms with E-state index in [1.54, 1.807) is 44.2 Å². The Morgan fingerprint density at radius 2 is 1.08 bits per heavy atom. The van der Waals surface area contributed by atoms with E-state index in [1.807, 2.05) is 129 Å². The molecule has 6 atom stereocenters. The molecule has 6 N–H and O–H groups in total. The van der Waals surface area contributed by atoms with Crippen LogP contribution in [-0.2, 0) is 67.2 Å². The number of nitrogens with zero attached hydrogens (tertiary/aromatic N) is 6. The summed E-state index contributed by atoms with van der Waals surface area (Å²) >= 11 is 17.5. The maximum Gasteiger partial charge on any atom is 0.337 e. The molecule has 0 aliphatic heterocycles. The number of carboxylic acids is 1. The molecule has 9 rings (SSSR count). The SMILES string of the molecule is CC(C)[C@@H](C[B]C=O)C(=O)OCCl.COC(=O)C[C@@H](C(=O)OCOC(=O)C(O)C[C@@H](Cc1ccc(-c2cccc(Cl)c2)cc1)NC(=O)c1ccc2nnn(O)c2c1)C(C)C.O=C(N[C@H](Cc1ccc(-c2cccc(Cl)c2)cc1)C[C@@H](O)C(=O)O)c1ccc2nnn(OCc3ccccc3)c2c1. The summed E-state index contributed by atoms with van der Waals surface area (Å²) in [5.74, 6) is -6.26. The molecule has 101 heavy (non-hydrogen) atoms. The second-order valence-electron chi connectivity index (χ2n) is 23.8. The molecule has 0 aliphatic rings. The molecule has 2 heterocycles. The van der Waals surface area contributed by atoms with E-state index in [-0.39, 0.29) is 73.2 Å². The van der Waals surface area contributed by atoms with Gasteiger partial charge in [0.25, 0.3) is 11.8 Å². The number of ether oxygens (including phenoxy) is 4. The summed E-state index contributed by atoms with van der Waals surface area (Å²) in [7, 11) is 2.63. The highest BCUT2D eigenvalue weighted by Gasteiger charge is 2.30. The Morgan fingerprint density at radius 3 is 1.58 bits per heavy atom. The number of rotatable bonds is 31. The van der Waals surface area contributed by atoms with Gasteiger partial charge in [0.2, 0.25) is 6.79 Å². The first-order valence-electron chi connectivity index (χ1n) is 31.8. The predicted molar refractivity (Wildman–Crippen MR) is 376 cm³/mol. The smallest absolute Gasteiger partial charge is 0.337 e. The van der Waals surface area contributed by atoms with Crippen molar-refractivity contribution in [3.63, 3.8) is 0 Å². The van der Waals surface area contributed by atoms with E-state index in [2.05, 4.69) is 40.7 Å². The second kappa shape index (κ2) is 38.9. The van der Waals surface area contributed by atoms with E-state index in [4.69, 9.17) is 49.1 Å². The number of aliphatic carboxylic acids is 1. The standard InChI is InChI=1S/C33H35ClN4O9.C31H27ClN4O5.C8H13BClO3/c1-19(2)26(17-30(40)45-3)32(42)46-18-47-33(43)29(39)16-25(35-31(41)23-11-12-27-28(15-23)38(44)37-36-27)13-20-7-9-21(10-8-20)22-5-4-6-24(34)14-22;32-25-8-4-7-23(16-25)22-11-9-20(10-12-22)15-26(18-29(37)31(39)40)33-30(38)24-13-14-27-28(17-24)36(35-34-27)41-19-21-5-2-1-3-6-21;1-6(2)7(3-9-4-11)8(12)13-5-10/h4-12,14-15,19,25-26,29,39,44H,13,16-18H2,1-3H3,(H,35,41);1-14,16-17,26,29,37H,15,18-19H2,(H,33,38)(H,39,40);4,6-7H,3,5H2,1-2H3/t25-,26-,29?;26-,29-;7-/m111/s1. The molecule has 0 aliphatic carbocycles. The lowest BCUT2D eigenvalue weighted by Gasteiger charge is -2.22. The Labute approximate surface area is 597 Å². The summed E-state index contributed by atoms with van der Waals surface area (Å²) in [4.78, 5) is 104. The number of carboxylic acid groups (broad SMARTS) is 1. The molecule has 0 saturated heterocycles. The summed E-state index contributed by atoms with van der Waals surface area (Å²) in [6.45, 7) is 6.76. The van der Waals surface area contributed by atoms with Gasteiger partial charge >= 0.3 is 29.8 Å². The van der Waals surface area contributed by atoms with Crippen LogP contribution in [0.4, 0.5) is 0 Å². The number of halogens is 3. The third-order valence-corrected chi connectivity index (χ3v) is 16.5. The van der Waals surface area contributed by atoms with Crippen LogP contribution in [0.15, 0.2) is 164 Å². The van der Waals surface area contributed by atoms with E-state index in [0.717, 1.165) is 38.9 Å². The summed E-state index contributed by atoms with van der Waals surface area (Å²) in [5.41, 5.74) is 8.55. The number of benzene rings is 7. The zero-order chi connectivity index (χ0) is 73.1. The Balaban J connectivity index is 0.000000242. The average molecular weight is 1440 g/mol. The number of aromatic nitrogens is 6. The minimum absolute atomic E-state index is 0.136. The minimum atomic E-state index is -1.69. The normalized spacial score (nSPS) is 12.8. The predicted octanol–water partition coefficient (Wildman–Crippen LogP) is 9.83. The van der Waals surface area contributed by atoms with Crippen LogP contribution in [0, 0.1) is 23.7 Å². The van der Waals surface area contributed by atoms with Gasteiger partial charge in [-0.1, -0.05) is 182 Å². The highest BCUT2D eigenvalue weighted by molar-refractivity contribution is 6.66. The fourth-order valence-corrected chi connectivity index (χ4v) is 10.8. The Bertz CT molecular complexity index is 4260. The first-order valence-corrected chi connectivity index (χ1v) is 33.1. The highest BCUT2D eigenvalue weighted by Crippen LogP contribution is 2.27. The van der Waals surface area contributed by atoms with E-state index in [0.29, 0.717) is 55.9 Å². The number of methoxy groups -OCH3 is 1. The highest BCUT2D eigenvalue weighted by atomic mass is 35.5. The number of aliphatic hydroxyl groups excluding tert-OH is 2. The Morgan fingerprint density at radius 1 is 0.574 bits per heavy atom. The van der Waals surface area contributed by atoms with Gasteiger partial charge in [0.05, 0.1) is 31.6 Å². The summed E-state index contributed by atoms with van der Waals surface area (Å²) in [6.07, 6.45) is -2.29. The van der Waals surface area contributed by atoms with Gasteiger partial charge in [-0.3, -0.25) is 24.0 Å². The lowest BCUT2D eigenvalue weighted by molar-refractivity contribution is -0.178. The number of alkyl halides is 1. The number of amides is 2. The third kappa shape index (κ3) is 24.0. The van der Waals surface area contributed by atoms with Gasteiger partial charge in [-0.2, -0.15) is 0 Å². The molecular weight excluding hydrogens is 1370 g/mol. The number of carbonyl (C=O) groups is 8. The van der Waals surface area contributed by atoms with Crippen LogP contribution >= 0.6 is 34.8 Å². The summed E-state index contributed by atoms with van der Waals surface area (Å²) in [6, 6.07) is 47.5. The molecule has 25 nitrogen and oxygen atoms in total. The van der Waals surface area contributed by atoms with Crippen molar-refractivity contribution in [2.24, 2.45) is 23.7 Å². The topological polar surface area (TPSA) is 349 Å². The molecule has 1 unspecified atom stereocenters. The number of carbonyl (C=O) groups excluding carboxylic acids is 7. The quantitative estimate of drug-likeness (QED) is 0.00447. The second-order valence-corrected chi connectivity index (χ2v) is 24.9. The number of aliphatic hydroxyl groups is 2. The molecule has 0 bridgehead atoms. The molecule has 9 aromatic rings. The third-order valence-electron chi connectivity index (χ3n) is 15.9. The lowest BCUT2D eigenvalue weighted by atomic mass is 9.69. The van der Waals surface area contributed by atoms with Crippen molar-refractivity contribution in [1.29, 1.82) is 0 Å². The van der Waals surface area contributed by atoms with Gasteiger partial charge < -0.3 is 59.7 Å². The van der Waals surface area contributed by atoms with Crippen LogP contribution in [0.2, 0.25) is 16.4 Å². The number of fused-ring (bicyclic) bond motifs is 2. The van der Waals surface area contributed by atoms with Crippen LogP contribution in [0.1, 0.15) is 84.4 Å². The van der Waals surface area contributed by atoms with Crippen LogP contribution in [0.25, 0.3) is 44.3 Å². The number of nitrogens with one attached hydrogen (secondary N) is 2. The number of hydrogen-bond acceptors (Lipinski definition) is 20. The molecule has 7 aromatic carbocycles. The molecule has 2 aromatic heterocycles.